The number of rotatable bonds is 7. The third-order valence-corrected chi connectivity index (χ3v) is 2.54. The lowest BCUT2D eigenvalue weighted by Gasteiger charge is -2.13. The first-order chi connectivity index (χ1) is 9.25. The molecule has 0 saturated heterocycles. The highest BCUT2D eigenvalue weighted by molar-refractivity contribution is 5.44. The highest BCUT2D eigenvalue weighted by atomic mass is 19.1. The zero-order chi connectivity index (χ0) is 13.5. The number of nitrogens with one attached hydrogen (secondary N) is 1. The lowest BCUT2D eigenvalue weighted by Crippen LogP contribution is -2.25. The number of aliphatic hydroxyl groups is 1. The van der Waals surface area contributed by atoms with Crippen LogP contribution in [0.3, 0.4) is 0 Å². The Kier molecular flexibility index (Phi) is 4.94. The fraction of sp³-hybridized carbons (Fsp3) is 0.286. The molecule has 0 aliphatic carbocycles. The fourth-order valence-electron chi connectivity index (χ4n) is 1.58. The maximum absolute atomic E-state index is 13.3. The Morgan fingerprint density at radius 2 is 2.11 bits per heavy atom. The first-order valence-corrected chi connectivity index (χ1v) is 6.02. The van der Waals surface area contributed by atoms with Gasteiger partial charge in [0.05, 0.1) is 24.7 Å². The minimum atomic E-state index is -0.713. The normalized spacial score (nSPS) is 12.3. The van der Waals surface area contributed by atoms with Gasteiger partial charge in [-0.2, -0.15) is 0 Å². The average Bonchev–Trinajstić information content (AvgIpc) is 2.91. The molecular weight excluding hydrogens is 249 g/mol. The fourth-order valence-corrected chi connectivity index (χ4v) is 1.58. The number of benzene rings is 1. The topological polar surface area (TPSA) is 54.6 Å². The SMILES string of the molecule is OC(CNc1ccccc1F)COCc1ccco1. The summed E-state index contributed by atoms with van der Waals surface area (Å²) in [5.41, 5.74) is 0.368. The van der Waals surface area contributed by atoms with Gasteiger partial charge in [0, 0.05) is 6.54 Å². The molecule has 1 unspecified atom stereocenters. The first kappa shape index (κ1) is 13.6. The molecule has 0 spiro atoms. The Morgan fingerprint density at radius 1 is 1.26 bits per heavy atom. The van der Waals surface area contributed by atoms with Crippen molar-refractivity contribution >= 4 is 5.69 Å². The highest BCUT2D eigenvalue weighted by Gasteiger charge is 2.07. The van der Waals surface area contributed by atoms with Gasteiger partial charge in [-0.05, 0) is 24.3 Å². The molecule has 1 aromatic carbocycles. The van der Waals surface area contributed by atoms with Gasteiger partial charge in [-0.15, -0.1) is 0 Å². The van der Waals surface area contributed by atoms with Crippen LogP contribution in [-0.4, -0.2) is 24.4 Å². The quantitative estimate of drug-likeness (QED) is 0.807. The molecule has 5 heteroatoms. The van der Waals surface area contributed by atoms with E-state index in [0.717, 1.165) is 0 Å². The van der Waals surface area contributed by atoms with Crippen LogP contribution in [0.4, 0.5) is 10.1 Å². The maximum Gasteiger partial charge on any atom is 0.146 e. The predicted octanol–water partition coefficient (Wildman–Crippen LogP) is 2.41. The number of hydrogen-bond acceptors (Lipinski definition) is 4. The summed E-state index contributed by atoms with van der Waals surface area (Å²) in [6, 6.07) is 9.89. The number of anilines is 1. The van der Waals surface area contributed by atoms with E-state index in [4.69, 9.17) is 9.15 Å². The van der Waals surface area contributed by atoms with Crippen LogP contribution >= 0.6 is 0 Å². The van der Waals surface area contributed by atoms with Crippen LogP contribution in [0.15, 0.2) is 47.1 Å². The zero-order valence-electron chi connectivity index (χ0n) is 10.4. The molecule has 1 atom stereocenters. The second-order valence-corrected chi connectivity index (χ2v) is 4.11. The predicted molar refractivity (Wildman–Crippen MR) is 69.3 cm³/mol. The third-order valence-electron chi connectivity index (χ3n) is 2.54. The standard InChI is InChI=1S/C14H16FNO3/c15-13-5-1-2-6-14(13)16-8-11(17)9-18-10-12-4-3-7-19-12/h1-7,11,16-17H,8-10H2. The van der Waals surface area contributed by atoms with E-state index >= 15 is 0 Å². The van der Waals surface area contributed by atoms with Crippen LogP contribution in [0.2, 0.25) is 0 Å². The maximum atomic E-state index is 13.3. The van der Waals surface area contributed by atoms with E-state index in [1.165, 1.54) is 6.07 Å². The van der Waals surface area contributed by atoms with Gasteiger partial charge in [-0.25, -0.2) is 4.39 Å². The molecule has 0 fully saturated rings. The van der Waals surface area contributed by atoms with E-state index in [1.807, 2.05) is 0 Å². The monoisotopic (exact) mass is 265 g/mol. The molecule has 19 heavy (non-hydrogen) atoms. The molecule has 102 valence electrons. The summed E-state index contributed by atoms with van der Waals surface area (Å²) in [5.74, 6) is 0.362. The van der Waals surface area contributed by atoms with Crippen molar-refractivity contribution < 1.29 is 18.7 Å². The van der Waals surface area contributed by atoms with Crippen LogP contribution in [-0.2, 0) is 11.3 Å². The molecule has 0 radical (unpaired) electrons. The molecule has 2 rings (SSSR count). The summed E-state index contributed by atoms with van der Waals surface area (Å²) in [6.45, 7) is 0.686. The Bertz CT molecular complexity index is 487. The summed E-state index contributed by atoms with van der Waals surface area (Å²) >= 11 is 0. The van der Waals surface area contributed by atoms with E-state index in [-0.39, 0.29) is 19.0 Å². The van der Waals surface area contributed by atoms with Crippen molar-refractivity contribution in [1.82, 2.24) is 0 Å². The number of para-hydroxylation sites is 1. The summed E-state index contributed by atoms with van der Waals surface area (Å²) in [4.78, 5) is 0. The van der Waals surface area contributed by atoms with Crippen LogP contribution in [0.1, 0.15) is 5.76 Å². The molecule has 0 saturated carbocycles. The third kappa shape index (κ3) is 4.39. The number of furan rings is 1. The van der Waals surface area contributed by atoms with Crippen molar-refractivity contribution in [3.8, 4) is 0 Å². The van der Waals surface area contributed by atoms with Gasteiger partial charge in [0.25, 0.3) is 0 Å². The summed E-state index contributed by atoms with van der Waals surface area (Å²) in [7, 11) is 0. The van der Waals surface area contributed by atoms with Crippen LogP contribution in [0.25, 0.3) is 0 Å². The van der Waals surface area contributed by atoms with Crippen LogP contribution in [0, 0.1) is 5.82 Å². The number of aliphatic hydroxyl groups excluding tert-OH is 1. The first-order valence-electron chi connectivity index (χ1n) is 6.02. The Labute approximate surface area is 110 Å². The van der Waals surface area contributed by atoms with Gasteiger partial charge in [-0.3, -0.25) is 0 Å². The molecule has 1 heterocycles. The Morgan fingerprint density at radius 3 is 2.84 bits per heavy atom. The van der Waals surface area contributed by atoms with Gasteiger partial charge in [0.15, 0.2) is 0 Å². The van der Waals surface area contributed by atoms with Crippen molar-refractivity contribution in [1.29, 1.82) is 0 Å². The second-order valence-electron chi connectivity index (χ2n) is 4.11. The van der Waals surface area contributed by atoms with Gasteiger partial charge < -0.3 is 19.6 Å². The molecule has 0 aliphatic rings. The summed E-state index contributed by atoms with van der Waals surface area (Å²) < 4.78 is 23.7. The van der Waals surface area contributed by atoms with Crippen LogP contribution in [0.5, 0.6) is 0 Å². The minimum absolute atomic E-state index is 0.155. The lowest BCUT2D eigenvalue weighted by molar-refractivity contribution is 0.0282. The lowest BCUT2D eigenvalue weighted by atomic mass is 10.3. The van der Waals surface area contributed by atoms with E-state index in [1.54, 1.807) is 36.6 Å². The van der Waals surface area contributed by atoms with E-state index in [2.05, 4.69) is 5.32 Å². The second kappa shape index (κ2) is 6.92. The molecular formula is C14H16FNO3. The molecule has 2 aromatic rings. The Hall–Kier alpha value is -1.85. The number of halogens is 1. The molecule has 0 aliphatic heterocycles. The molecule has 0 bridgehead atoms. The average molecular weight is 265 g/mol. The molecule has 4 nitrogen and oxygen atoms in total. The summed E-state index contributed by atoms with van der Waals surface area (Å²) in [6.07, 6.45) is 0.851. The van der Waals surface area contributed by atoms with Crippen molar-refractivity contribution in [3.05, 3.63) is 54.2 Å². The molecule has 0 amide bonds. The molecule has 1 aromatic heterocycles. The molecule has 2 N–H and O–H groups in total. The highest BCUT2D eigenvalue weighted by Crippen LogP contribution is 2.12. The van der Waals surface area contributed by atoms with Crippen molar-refractivity contribution in [2.45, 2.75) is 12.7 Å². The largest absolute Gasteiger partial charge is 0.467 e. The van der Waals surface area contributed by atoms with Crippen molar-refractivity contribution in [2.24, 2.45) is 0 Å². The summed E-state index contributed by atoms with van der Waals surface area (Å²) in [5, 5.41) is 12.5. The number of hydrogen-bond donors (Lipinski definition) is 2. The van der Waals surface area contributed by atoms with Gasteiger partial charge >= 0.3 is 0 Å². The number of ether oxygens (including phenoxy) is 1. The Balaban J connectivity index is 1.67. The van der Waals surface area contributed by atoms with Crippen molar-refractivity contribution in [3.63, 3.8) is 0 Å². The van der Waals surface area contributed by atoms with E-state index < -0.39 is 6.10 Å². The zero-order valence-corrected chi connectivity index (χ0v) is 10.4. The van der Waals surface area contributed by atoms with Crippen LogP contribution < -0.4 is 5.32 Å². The van der Waals surface area contributed by atoms with Gasteiger partial charge in [-0.1, -0.05) is 12.1 Å². The van der Waals surface area contributed by atoms with E-state index in [9.17, 15) is 9.50 Å². The van der Waals surface area contributed by atoms with Gasteiger partial charge in [0.2, 0.25) is 0 Å². The minimum Gasteiger partial charge on any atom is -0.467 e. The van der Waals surface area contributed by atoms with E-state index in [0.29, 0.717) is 18.1 Å². The van der Waals surface area contributed by atoms with Crippen molar-refractivity contribution in [2.75, 3.05) is 18.5 Å². The smallest absolute Gasteiger partial charge is 0.146 e. The van der Waals surface area contributed by atoms with Gasteiger partial charge in [0.1, 0.15) is 18.2 Å².